The van der Waals surface area contributed by atoms with Gasteiger partial charge in [-0.25, -0.2) is 9.59 Å². The van der Waals surface area contributed by atoms with Gasteiger partial charge in [0.2, 0.25) is 0 Å². The topological polar surface area (TPSA) is 71.1 Å². The van der Waals surface area contributed by atoms with Crippen LogP contribution in [0.3, 0.4) is 0 Å². The molecular formula is C24H26O6. The van der Waals surface area contributed by atoms with E-state index < -0.39 is 11.9 Å². The summed E-state index contributed by atoms with van der Waals surface area (Å²) in [5.41, 5.74) is 1.64. The van der Waals surface area contributed by atoms with Gasteiger partial charge < -0.3 is 18.9 Å². The Hall–Kier alpha value is -3.54. The van der Waals surface area contributed by atoms with E-state index in [0.717, 1.165) is 0 Å². The average Bonchev–Trinajstić information content (AvgIpc) is 2.77. The Bertz CT molecular complexity index is 830. The van der Waals surface area contributed by atoms with E-state index in [1.807, 2.05) is 0 Å². The van der Waals surface area contributed by atoms with Crippen LogP contribution in [-0.2, 0) is 19.1 Å². The number of ether oxygens (including phenoxy) is 4. The lowest BCUT2D eigenvalue weighted by molar-refractivity contribution is -0.141. The first-order valence-electron chi connectivity index (χ1n) is 9.58. The van der Waals surface area contributed by atoms with Gasteiger partial charge in [0.15, 0.2) is 0 Å². The van der Waals surface area contributed by atoms with Crippen LogP contribution in [0.2, 0.25) is 0 Å². The number of methoxy groups -OCH3 is 2. The van der Waals surface area contributed by atoms with Gasteiger partial charge >= 0.3 is 11.9 Å². The minimum absolute atomic E-state index is 0.108. The van der Waals surface area contributed by atoms with Gasteiger partial charge in [-0.3, -0.25) is 0 Å². The van der Waals surface area contributed by atoms with E-state index in [4.69, 9.17) is 18.9 Å². The van der Waals surface area contributed by atoms with Gasteiger partial charge in [0.1, 0.15) is 11.5 Å². The number of hydrogen-bond acceptors (Lipinski definition) is 6. The number of benzene rings is 2. The molecular weight excluding hydrogens is 384 g/mol. The number of rotatable bonds is 9. The molecule has 2 rings (SSSR count). The Morgan fingerprint density at radius 1 is 0.667 bits per heavy atom. The summed E-state index contributed by atoms with van der Waals surface area (Å²) in [7, 11) is 3.15. The van der Waals surface area contributed by atoms with Crippen LogP contribution >= 0.6 is 0 Å². The highest BCUT2D eigenvalue weighted by Crippen LogP contribution is 2.23. The zero-order valence-corrected chi connectivity index (χ0v) is 17.6. The fourth-order valence-corrected chi connectivity index (χ4v) is 2.64. The van der Waals surface area contributed by atoms with Gasteiger partial charge in [0.25, 0.3) is 0 Å². The molecule has 2 aromatic carbocycles. The molecule has 0 saturated carbocycles. The molecule has 6 heteroatoms. The second-order valence-corrected chi connectivity index (χ2v) is 6.10. The van der Waals surface area contributed by atoms with E-state index in [9.17, 15) is 9.59 Å². The van der Waals surface area contributed by atoms with Crippen LogP contribution in [0, 0.1) is 0 Å². The van der Waals surface area contributed by atoms with Crippen molar-refractivity contribution in [3.05, 3.63) is 70.8 Å². The molecule has 0 radical (unpaired) electrons. The molecule has 0 aliphatic heterocycles. The predicted molar refractivity (Wildman–Crippen MR) is 115 cm³/mol. The van der Waals surface area contributed by atoms with Gasteiger partial charge in [-0.2, -0.15) is 0 Å². The van der Waals surface area contributed by atoms with E-state index >= 15 is 0 Å². The lowest BCUT2D eigenvalue weighted by atomic mass is 10.00. The quantitative estimate of drug-likeness (QED) is 0.349. The van der Waals surface area contributed by atoms with Gasteiger partial charge in [0.05, 0.1) is 38.6 Å². The van der Waals surface area contributed by atoms with Gasteiger partial charge in [0, 0.05) is 0 Å². The zero-order valence-electron chi connectivity index (χ0n) is 17.6. The summed E-state index contributed by atoms with van der Waals surface area (Å²) >= 11 is 0. The molecule has 0 atom stereocenters. The molecule has 0 fully saturated rings. The number of carbonyl (C=O) groups is 2. The van der Waals surface area contributed by atoms with Crippen LogP contribution in [-0.4, -0.2) is 39.4 Å². The van der Waals surface area contributed by atoms with Crippen molar-refractivity contribution in [2.45, 2.75) is 13.8 Å². The van der Waals surface area contributed by atoms with Crippen molar-refractivity contribution in [1.29, 1.82) is 0 Å². The van der Waals surface area contributed by atoms with Crippen LogP contribution in [0.5, 0.6) is 11.5 Å². The van der Waals surface area contributed by atoms with E-state index in [-0.39, 0.29) is 24.4 Å². The lowest BCUT2D eigenvalue weighted by Crippen LogP contribution is -2.17. The van der Waals surface area contributed by atoms with Crippen molar-refractivity contribution in [1.82, 2.24) is 0 Å². The van der Waals surface area contributed by atoms with Crippen molar-refractivity contribution < 1.29 is 28.5 Å². The third kappa shape index (κ3) is 6.24. The van der Waals surface area contributed by atoms with Crippen molar-refractivity contribution in [2.75, 3.05) is 27.4 Å². The molecule has 0 N–H and O–H groups in total. The molecule has 0 bridgehead atoms. The fraction of sp³-hybridized carbons (Fsp3) is 0.250. The molecule has 0 amide bonds. The van der Waals surface area contributed by atoms with Crippen LogP contribution in [0.15, 0.2) is 59.7 Å². The Morgan fingerprint density at radius 2 is 1.00 bits per heavy atom. The maximum absolute atomic E-state index is 12.7. The SMILES string of the molecule is CCOC(=O)C(=C/c1ccc(OC)cc1)/C(=C\c1ccc(OC)cc1)C(=O)OCC. The highest BCUT2D eigenvalue weighted by molar-refractivity contribution is 6.12. The zero-order chi connectivity index (χ0) is 21.9. The monoisotopic (exact) mass is 410 g/mol. The van der Waals surface area contributed by atoms with Crippen molar-refractivity contribution in [3.63, 3.8) is 0 Å². The van der Waals surface area contributed by atoms with Crippen molar-refractivity contribution >= 4 is 24.1 Å². The smallest absolute Gasteiger partial charge is 0.339 e. The fourth-order valence-electron chi connectivity index (χ4n) is 2.64. The van der Waals surface area contributed by atoms with E-state index in [2.05, 4.69) is 0 Å². The largest absolute Gasteiger partial charge is 0.497 e. The summed E-state index contributed by atoms with van der Waals surface area (Å²) in [5.74, 6) is 0.149. The van der Waals surface area contributed by atoms with Gasteiger partial charge in [-0.1, -0.05) is 24.3 Å². The Labute approximate surface area is 176 Å². The predicted octanol–water partition coefficient (Wildman–Crippen LogP) is 4.30. The molecule has 0 aliphatic rings. The summed E-state index contributed by atoms with van der Waals surface area (Å²) in [5, 5.41) is 0. The maximum atomic E-state index is 12.7. The minimum atomic E-state index is -0.610. The standard InChI is InChI=1S/C24H26O6/c1-5-29-23(25)21(15-17-7-11-19(27-3)12-8-17)22(24(26)30-6-2)16-18-9-13-20(28-4)14-10-18/h7-16H,5-6H2,1-4H3/b21-15+,22-16+. The van der Waals surface area contributed by atoms with Gasteiger partial charge in [-0.15, -0.1) is 0 Å². The van der Waals surface area contributed by atoms with Crippen LogP contribution in [0.25, 0.3) is 12.2 Å². The summed E-state index contributed by atoms with van der Waals surface area (Å²) in [4.78, 5) is 25.5. The lowest BCUT2D eigenvalue weighted by Gasteiger charge is -2.12. The van der Waals surface area contributed by atoms with Gasteiger partial charge in [-0.05, 0) is 61.4 Å². The molecule has 0 aromatic heterocycles. The summed E-state index contributed by atoms with van der Waals surface area (Å²) in [6.07, 6.45) is 3.20. The van der Waals surface area contributed by atoms with Crippen LogP contribution < -0.4 is 9.47 Å². The molecule has 2 aromatic rings. The summed E-state index contributed by atoms with van der Waals surface area (Å²) in [6, 6.07) is 14.2. The molecule has 6 nitrogen and oxygen atoms in total. The van der Waals surface area contributed by atoms with Crippen LogP contribution in [0.1, 0.15) is 25.0 Å². The Morgan fingerprint density at radius 3 is 1.27 bits per heavy atom. The highest BCUT2D eigenvalue weighted by Gasteiger charge is 2.23. The normalized spacial score (nSPS) is 11.6. The number of hydrogen-bond donors (Lipinski definition) is 0. The maximum Gasteiger partial charge on any atom is 0.339 e. The van der Waals surface area contributed by atoms with Crippen molar-refractivity contribution in [3.8, 4) is 11.5 Å². The van der Waals surface area contributed by atoms with E-state index in [1.54, 1.807) is 88.8 Å². The second kappa shape index (κ2) is 11.5. The van der Waals surface area contributed by atoms with E-state index in [1.165, 1.54) is 0 Å². The average molecular weight is 410 g/mol. The molecule has 0 spiro atoms. The Balaban J connectivity index is 2.57. The first kappa shape index (κ1) is 22.7. The summed E-state index contributed by atoms with van der Waals surface area (Å²) < 4.78 is 20.7. The third-order valence-corrected chi connectivity index (χ3v) is 4.13. The van der Waals surface area contributed by atoms with E-state index in [0.29, 0.717) is 22.6 Å². The molecule has 0 unspecified atom stereocenters. The molecule has 0 saturated heterocycles. The Kier molecular flexibility index (Phi) is 8.69. The molecule has 30 heavy (non-hydrogen) atoms. The number of esters is 2. The number of carbonyl (C=O) groups excluding carboxylic acids is 2. The molecule has 0 heterocycles. The van der Waals surface area contributed by atoms with Crippen molar-refractivity contribution in [2.24, 2.45) is 0 Å². The summed E-state index contributed by atoms with van der Waals surface area (Å²) in [6.45, 7) is 3.77. The first-order valence-corrected chi connectivity index (χ1v) is 9.58. The van der Waals surface area contributed by atoms with Crippen LogP contribution in [0.4, 0.5) is 0 Å². The first-order chi connectivity index (χ1) is 14.5. The third-order valence-electron chi connectivity index (χ3n) is 4.13. The molecule has 0 aliphatic carbocycles. The second-order valence-electron chi connectivity index (χ2n) is 6.10. The molecule has 158 valence electrons. The highest BCUT2D eigenvalue weighted by atomic mass is 16.5. The minimum Gasteiger partial charge on any atom is -0.497 e.